The standard InChI is InChI=1S/C22H26O4/c1-5-21(23)26-16-15-25-20-13-9-18(10-14-20)22(3,4)17-7-11-19(12-8-17)24-6-2/h5,7-14H,1,6,15-16H2,2-4H3. The average Bonchev–Trinajstić information content (AvgIpc) is 2.66. The molecule has 138 valence electrons. The van der Waals surface area contributed by atoms with Crippen LogP contribution in [0.5, 0.6) is 11.5 Å². The van der Waals surface area contributed by atoms with Crippen LogP contribution in [0.3, 0.4) is 0 Å². The first-order valence-electron chi connectivity index (χ1n) is 8.73. The summed E-state index contributed by atoms with van der Waals surface area (Å²) in [4.78, 5) is 11.0. The van der Waals surface area contributed by atoms with E-state index in [0.29, 0.717) is 13.2 Å². The van der Waals surface area contributed by atoms with E-state index < -0.39 is 5.97 Å². The summed E-state index contributed by atoms with van der Waals surface area (Å²) in [5.41, 5.74) is 2.26. The maximum absolute atomic E-state index is 11.0. The van der Waals surface area contributed by atoms with Crippen molar-refractivity contribution in [1.82, 2.24) is 0 Å². The summed E-state index contributed by atoms with van der Waals surface area (Å²) < 4.78 is 16.0. The molecular formula is C22H26O4. The number of benzene rings is 2. The SMILES string of the molecule is C=CC(=O)OCCOc1ccc(C(C)(C)c2ccc(OCC)cc2)cc1. The number of carbonyl (C=O) groups excluding carboxylic acids is 1. The van der Waals surface area contributed by atoms with Crippen molar-refractivity contribution in [1.29, 1.82) is 0 Å². The Bertz CT molecular complexity index is 715. The highest BCUT2D eigenvalue weighted by molar-refractivity contribution is 5.81. The lowest BCUT2D eigenvalue weighted by atomic mass is 9.78. The van der Waals surface area contributed by atoms with Crippen LogP contribution >= 0.6 is 0 Å². The Morgan fingerprint density at radius 3 is 1.88 bits per heavy atom. The quantitative estimate of drug-likeness (QED) is 0.377. The molecule has 0 aliphatic rings. The Kier molecular flexibility index (Phi) is 6.84. The summed E-state index contributed by atoms with van der Waals surface area (Å²) in [5, 5.41) is 0. The fraction of sp³-hybridized carbons (Fsp3) is 0.318. The van der Waals surface area contributed by atoms with Crippen LogP contribution in [0.4, 0.5) is 0 Å². The van der Waals surface area contributed by atoms with Crippen molar-refractivity contribution in [3.05, 3.63) is 72.3 Å². The molecule has 2 aromatic carbocycles. The van der Waals surface area contributed by atoms with Gasteiger partial charge in [0.05, 0.1) is 6.61 Å². The van der Waals surface area contributed by atoms with Gasteiger partial charge in [-0.25, -0.2) is 4.79 Å². The smallest absolute Gasteiger partial charge is 0.330 e. The molecule has 2 rings (SSSR count). The molecule has 0 atom stereocenters. The van der Waals surface area contributed by atoms with E-state index in [0.717, 1.165) is 17.6 Å². The number of rotatable bonds is 9. The molecule has 0 aliphatic carbocycles. The zero-order chi connectivity index (χ0) is 19.0. The third kappa shape index (κ3) is 5.12. The van der Waals surface area contributed by atoms with Gasteiger partial charge in [-0.3, -0.25) is 0 Å². The van der Waals surface area contributed by atoms with Gasteiger partial charge in [0.1, 0.15) is 24.7 Å². The Morgan fingerprint density at radius 1 is 0.923 bits per heavy atom. The second-order valence-electron chi connectivity index (χ2n) is 6.33. The molecule has 4 nitrogen and oxygen atoms in total. The first kappa shape index (κ1) is 19.6. The molecule has 0 aromatic heterocycles. The number of hydrogen-bond acceptors (Lipinski definition) is 4. The molecule has 0 radical (unpaired) electrons. The van der Waals surface area contributed by atoms with E-state index in [1.807, 2.05) is 31.2 Å². The van der Waals surface area contributed by atoms with Crippen LogP contribution < -0.4 is 9.47 Å². The van der Waals surface area contributed by atoms with Crippen LogP contribution in [-0.4, -0.2) is 25.8 Å². The van der Waals surface area contributed by atoms with Crippen molar-refractivity contribution in [3.8, 4) is 11.5 Å². The highest BCUT2D eigenvalue weighted by Crippen LogP contribution is 2.33. The maximum Gasteiger partial charge on any atom is 0.330 e. The van der Waals surface area contributed by atoms with Gasteiger partial charge in [0, 0.05) is 11.5 Å². The number of carbonyl (C=O) groups is 1. The fourth-order valence-electron chi connectivity index (χ4n) is 2.63. The highest BCUT2D eigenvalue weighted by Gasteiger charge is 2.23. The van der Waals surface area contributed by atoms with Gasteiger partial charge in [0.2, 0.25) is 0 Å². The van der Waals surface area contributed by atoms with Crippen molar-refractivity contribution >= 4 is 5.97 Å². The molecule has 0 spiro atoms. The van der Waals surface area contributed by atoms with E-state index in [1.165, 1.54) is 11.1 Å². The number of ether oxygens (including phenoxy) is 3. The molecule has 0 saturated carbocycles. The molecule has 0 aliphatic heterocycles. The van der Waals surface area contributed by atoms with Gasteiger partial charge >= 0.3 is 5.97 Å². The highest BCUT2D eigenvalue weighted by atomic mass is 16.6. The predicted octanol–water partition coefficient (Wildman–Crippen LogP) is 4.52. The minimum Gasteiger partial charge on any atom is -0.494 e. The Hall–Kier alpha value is -2.75. The van der Waals surface area contributed by atoms with Gasteiger partial charge < -0.3 is 14.2 Å². The first-order valence-corrected chi connectivity index (χ1v) is 8.73. The van der Waals surface area contributed by atoms with Crippen LogP contribution in [-0.2, 0) is 14.9 Å². The van der Waals surface area contributed by atoms with Crippen LogP contribution in [0.2, 0.25) is 0 Å². The van der Waals surface area contributed by atoms with Gasteiger partial charge in [-0.15, -0.1) is 0 Å². The van der Waals surface area contributed by atoms with Crippen molar-refractivity contribution in [2.24, 2.45) is 0 Å². The Labute approximate surface area is 155 Å². The number of hydrogen-bond donors (Lipinski definition) is 0. The van der Waals surface area contributed by atoms with Crippen molar-refractivity contribution < 1.29 is 19.0 Å². The number of esters is 1. The largest absolute Gasteiger partial charge is 0.494 e. The normalized spacial score (nSPS) is 10.9. The molecule has 0 heterocycles. The van der Waals surface area contributed by atoms with E-state index in [2.05, 4.69) is 44.7 Å². The molecule has 0 bridgehead atoms. The predicted molar refractivity (Wildman–Crippen MR) is 103 cm³/mol. The van der Waals surface area contributed by atoms with E-state index in [-0.39, 0.29) is 12.0 Å². The van der Waals surface area contributed by atoms with Gasteiger partial charge in [-0.1, -0.05) is 44.7 Å². The molecule has 4 heteroatoms. The lowest BCUT2D eigenvalue weighted by molar-refractivity contribution is -0.138. The van der Waals surface area contributed by atoms with Crippen molar-refractivity contribution in [2.45, 2.75) is 26.2 Å². The third-order valence-electron chi connectivity index (χ3n) is 4.23. The van der Waals surface area contributed by atoms with Crippen LogP contribution in [0.25, 0.3) is 0 Å². The van der Waals surface area contributed by atoms with Crippen LogP contribution in [0, 0.1) is 0 Å². The van der Waals surface area contributed by atoms with E-state index in [4.69, 9.17) is 14.2 Å². The minimum atomic E-state index is -0.443. The van der Waals surface area contributed by atoms with E-state index in [1.54, 1.807) is 0 Å². The lowest BCUT2D eigenvalue weighted by Gasteiger charge is -2.26. The summed E-state index contributed by atoms with van der Waals surface area (Å²) in [6, 6.07) is 16.2. The zero-order valence-electron chi connectivity index (χ0n) is 15.7. The fourth-order valence-corrected chi connectivity index (χ4v) is 2.63. The van der Waals surface area contributed by atoms with Crippen LogP contribution in [0.1, 0.15) is 31.9 Å². The molecule has 0 amide bonds. The summed E-state index contributed by atoms with van der Waals surface area (Å²) >= 11 is 0. The minimum absolute atomic E-state index is 0.136. The molecule has 26 heavy (non-hydrogen) atoms. The monoisotopic (exact) mass is 354 g/mol. The summed E-state index contributed by atoms with van der Waals surface area (Å²) in [7, 11) is 0. The topological polar surface area (TPSA) is 44.8 Å². The molecule has 0 saturated heterocycles. The summed E-state index contributed by atoms with van der Waals surface area (Å²) in [6.45, 7) is 10.9. The molecular weight excluding hydrogens is 328 g/mol. The van der Waals surface area contributed by atoms with E-state index in [9.17, 15) is 4.79 Å². The molecule has 0 fully saturated rings. The summed E-state index contributed by atoms with van der Waals surface area (Å²) in [5.74, 6) is 1.18. The maximum atomic E-state index is 11.0. The van der Waals surface area contributed by atoms with Gasteiger partial charge in [-0.05, 0) is 42.3 Å². The second-order valence-corrected chi connectivity index (χ2v) is 6.33. The molecule has 0 N–H and O–H groups in total. The van der Waals surface area contributed by atoms with Gasteiger partial charge in [-0.2, -0.15) is 0 Å². The zero-order valence-corrected chi connectivity index (χ0v) is 15.7. The van der Waals surface area contributed by atoms with Crippen LogP contribution in [0.15, 0.2) is 61.2 Å². The molecule has 0 unspecified atom stereocenters. The van der Waals surface area contributed by atoms with Gasteiger partial charge in [0.15, 0.2) is 0 Å². The van der Waals surface area contributed by atoms with Gasteiger partial charge in [0.25, 0.3) is 0 Å². The Morgan fingerprint density at radius 2 is 1.42 bits per heavy atom. The lowest BCUT2D eigenvalue weighted by Crippen LogP contribution is -2.18. The second kappa shape index (κ2) is 9.09. The summed E-state index contributed by atoms with van der Waals surface area (Å²) in [6.07, 6.45) is 1.14. The van der Waals surface area contributed by atoms with Crippen molar-refractivity contribution in [3.63, 3.8) is 0 Å². The van der Waals surface area contributed by atoms with Crippen molar-refractivity contribution in [2.75, 3.05) is 19.8 Å². The third-order valence-corrected chi connectivity index (χ3v) is 4.23. The first-order chi connectivity index (χ1) is 12.5. The van der Waals surface area contributed by atoms with E-state index >= 15 is 0 Å². The Balaban J connectivity index is 1.99. The molecule has 2 aromatic rings. The average molecular weight is 354 g/mol.